The quantitative estimate of drug-likeness (QED) is 0.412. The molecule has 0 saturated heterocycles. The molecule has 1 heterocycles. The van der Waals surface area contributed by atoms with E-state index >= 15 is 0 Å². The summed E-state index contributed by atoms with van der Waals surface area (Å²) in [6.45, 7) is 0. The first-order valence-corrected chi connectivity index (χ1v) is 13.5. The van der Waals surface area contributed by atoms with Crippen molar-refractivity contribution in [2.75, 3.05) is 0 Å². The van der Waals surface area contributed by atoms with E-state index in [4.69, 9.17) is 21.3 Å². The molecular formula is C25H40ClN5O2. The zero-order chi connectivity index (χ0) is 23.0. The molecule has 0 amide bonds. The van der Waals surface area contributed by atoms with Crippen LogP contribution >= 0.6 is 11.6 Å². The van der Waals surface area contributed by atoms with Gasteiger partial charge in [-0.3, -0.25) is 0 Å². The van der Waals surface area contributed by atoms with Crippen molar-refractivity contribution in [1.82, 2.24) is 15.0 Å². The fourth-order valence-electron chi connectivity index (χ4n) is 4.48. The van der Waals surface area contributed by atoms with E-state index in [-0.39, 0.29) is 17.3 Å². The molecule has 2 aliphatic carbocycles. The first kappa shape index (κ1) is 25.9. The fraction of sp³-hybridized carbons (Fsp3) is 0.800. The molecule has 2 aliphatic rings. The Kier molecular flexibility index (Phi) is 12.5. The third kappa shape index (κ3) is 11.3. The summed E-state index contributed by atoms with van der Waals surface area (Å²) >= 11 is 6.08. The van der Waals surface area contributed by atoms with Crippen LogP contribution in [0.4, 0.5) is 0 Å². The van der Waals surface area contributed by atoms with Crippen molar-refractivity contribution >= 4 is 23.0 Å². The normalized spacial score (nSPS) is 20.2. The molecule has 0 atom stereocenters. The van der Waals surface area contributed by atoms with Crippen LogP contribution in [0.5, 0.6) is 12.0 Å². The van der Waals surface area contributed by atoms with Crippen molar-refractivity contribution in [3.63, 3.8) is 0 Å². The lowest BCUT2D eigenvalue weighted by Crippen LogP contribution is -2.05. The SMILES string of the molecule is Clc1nc(ON=C2CCCCCCCCCC2)nc(ON=C2CCCCCCCCCC2)n1. The molecule has 0 aliphatic heterocycles. The Labute approximate surface area is 203 Å². The molecule has 2 saturated carbocycles. The maximum absolute atomic E-state index is 6.08. The fourth-order valence-corrected chi connectivity index (χ4v) is 4.62. The summed E-state index contributed by atoms with van der Waals surface area (Å²) in [6.07, 6.45) is 24.0. The lowest BCUT2D eigenvalue weighted by Gasteiger charge is -2.07. The molecule has 0 radical (unpaired) electrons. The molecule has 0 spiro atoms. The van der Waals surface area contributed by atoms with Gasteiger partial charge in [-0.25, -0.2) is 0 Å². The Morgan fingerprint density at radius 3 is 1.09 bits per heavy atom. The lowest BCUT2D eigenvalue weighted by molar-refractivity contribution is 0.276. The molecule has 0 aromatic carbocycles. The Morgan fingerprint density at radius 2 is 0.758 bits per heavy atom. The van der Waals surface area contributed by atoms with E-state index < -0.39 is 0 Å². The Bertz CT molecular complexity index is 670. The highest BCUT2D eigenvalue weighted by atomic mass is 35.5. The Hall–Kier alpha value is -1.76. The molecule has 184 valence electrons. The summed E-state index contributed by atoms with van der Waals surface area (Å²) in [5, 5.41) is 8.72. The van der Waals surface area contributed by atoms with Crippen LogP contribution in [0, 0.1) is 0 Å². The minimum atomic E-state index is 0.0142. The van der Waals surface area contributed by atoms with Gasteiger partial charge in [-0.2, -0.15) is 9.97 Å². The summed E-state index contributed by atoms with van der Waals surface area (Å²) in [7, 11) is 0. The highest BCUT2D eigenvalue weighted by Gasteiger charge is 2.11. The van der Waals surface area contributed by atoms with Crippen molar-refractivity contribution in [2.24, 2.45) is 10.3 Å². The van der Waals surface area contributed by atoms with Gasteiger partial charge in [-0.15, -0.1) is 4.98 Å². The van der Waals surface area contributed by atoms with Crippen molar-refractivity contribution in [3.05, 3.63) is 5.28 Å². The van der Waals surface area contributed by atoms with Crippen molar-refractivity contribution in [3.8, 4) is 12.0 Å². The maximum Gasteiger partial charge on any atom is 0.353 e. The molecule has 1 aromatic rings. The topological polar surface area (TPSA) is 81.9 Å². The van der Waals surface area contributed by atoms with E-state index in [9.17, 15) is 0 Å². The largest absolute Gasteiger partial charge is 0.353 e. The minimum Gasteiger partial charge on any atom is -0.315 e. The number of aromatic nitrogens is 3. The number of hydrogen-bond acceptors (Lipinski definition) is 7. The number of nitrogens with zero attached hydrogens (tertiary/aromatic N) is 5. The maximum atomic E-state index is 6.08. The van der Waals surface area contributed by atoms with E-state index in [0.29, 0.717) is 0 Å². The van der Waals surface area contributed by atoms with Crippen LogP contribution in [-0.4, -0.2) is 26.4 Å². The Morgan fingerprint density at radius 1 is 0.455 bits per heavy atom. The highest BCUT2D eigenvalue weighted by molar-refractivity contribution is 6.28. The molecule has 7 nitrogen and oxygen atoms in total. The third-order valence-corrected chi connectivity index (χ3v) is 6.61. The van der Waals surface area contributed by atoms with Gasteiger partial charge in [0.25, 0.3) is 0 Å². The summed E-state index contributed by atoms with van der Waals surface area (Å²) in [5.74, 6) is 0. The van der Waals surface area contributed by atoms with E-state index in [1.54, 1.807) is 0 Å². The number of halogens is 1. The van der Waals surface area contributed by atoms with E-state index in [1.807, 2.05) is 0 Å². The second-order valence-electron chi connectivity index (χ2n) is 9.32. The molecule has 3 rings (SSSR count). The zero-order valence-electron chi connectivity index (χ0n) is 20.1. The van der Waals surface area contributed by atoms with Gasteiger partial charge >= 0.3 is 12.0 Å². The first-order valence-electron chi connectivity index (χ1n) is 13.2. The van der Waals surface area contributed by atoms with Crippen molar-refractivity contribution in [1.29, 1.82) is 0 Å². The van der Waals surface area contributed by atoms with E-state index in [1.165, 1.54) is 77.0 Å². The molecule has 33 heavy (non-hydrogen) atoms. The summed E-state index contributed by atoms with van der Waals surface area (Å²) in [5.41, 5.74) is 2.13. The van der Waals surface area contributed by atoms with Crippen LogP contribution < -0.4 is 9.68 Å². The molecule has 1 aromatic heterocycles. The van der Waals surface area contributed by atoms with Crippen LogP contribution in [0.15, 0.2) is 10.3 Å². The second kappa shape index (κ2) is 16.0. The van der Waals surface area contributed by atoms with Crippen LogP contribution in [0.2, 0.25) is 5.28 Å². The monoisotopic (exact) mass is 477 g/mol. The lowest BCUT2D eigenvalue weighted by atomic mass is 10.1. The van der Waals surface area contributed by atoms with Gasteiger partial charge < -0.3 is 9.68 Å². The van der Waals surface area contributed by atoms with Gasteiger partial charge in [0.05, 0.1) is 11.4 Å². The average molecular weight is 478 g/mol. The van der Waals surface area contributed by atoms with Crippen molar-refractivity contribution in [2.45, 2.75) is 128 Å². The predicted octanol–water partition coefficient (Wildman–Crippen LogP) is 7.82. The third-order valence-electron chi connectivity index (χ3n) is 6.44. The van der Waals surface area contributed by atoms with Crippen LogP contribution in [0.1, 0.15) is 128 Å². The first-order chi connectivity index (χ1) is 16.3. The number of oxime groups is 2. The van der Waals surface area contributed by atoms with Crippen LogP contribution in [-0.2, 0) is 0 Å². The van der Waals surface area contributed by atoms with Crippen molar-refractivity contribution < 1.29 is 9.68 Å². The highest BCUT2D eigenvalue weighted by Crippen LogP contribution is 2.19. The van der Waals surface area contributed by atoms with Gasteiger partial charge in [0.1, 0.15) is 0 Å². The van der Waals surface area contributed by atoms with Gasteiger partial charge in [0.2, 0.25) is 5.28 Å². The van der Waals surface area contributed by atoms with Crippen LogP contribution in [0.25, 0.3) is 0 Å². The van der Waals surface area contributed by atoms with Gasteiger partial charge in [0, 0.05) is 0 Å². The number of hydrogen-bond donors (Lipinski definition) is 0. The van der Waals surface area contributed by atoms with E-state index in [2.05, 4.69) is 25.3 Å². The van der Waals surface area contributed by atoms with Gasteiger partial charge in [0.15, 0.2) is 0 Å². The Balaban J connectivity index is 1.59. The van der Waals surface area contributed by atoms with Crippen LogP contribution in [0.3, 0.4) is 0 Å². The molecular weight excluding hydrogens is 438 g/mol. The molecule has 0 unspecified atom stereocenters. The summed E-state index contributed by atoms with van der Waals surface area (Å²) in [4.78, 5) is 23.4. The summed E-state index contributed by atoms with van der Waals surface area (Å²) in [6, 6.07) is 0.101. The molecule has 0 bridgehead atoms. The minimum absolute atomic E-state index is 0.0142. The molecule has 2 fully saturated rings. The molecule has 8 heteroatoms. The smallest absolute Gasteiger partial charge is 0.315 e. The molecule has 0 N–H and O–H groups in total. The summed E-state index contributed by atoms with van der Waals surface area (Å²) < 4.78 is 0. The van der Waals surface area contributed by atoms with Gasteiger partial charge in [-0.1, -0.05) is 87.4 Å². The van der Waals surface area contributed by atoms with E-state index in [0.717, 1.165) is 62.8 Å². The standard InChI is InChI=1S/C25H40ClN5O2/c26-23-27-24(32-30-21-17-13-9-5-1-2-6-10-14-18-21)29-25(28-23)33-31-22-19-15-11-7-3-4-8-12-16-20-22/h1-20H2. The number of rotatable bonds is 4. The second-order valence-corrected chi connectivity index (χ2v) is 9.66. The zero-order valence-corrected chi connectivity index (χ0v) is 20.8. The van der Waals surface area contributed by atoms with Gasteiger partial charge in [-0.05, 0) is 63.0 Å². The average Bonchev–Trinajstić information content (AvgIpc) is 2.91. The predicted molar refractivity (Wildman–Crippen MR) is 133 cm³/mol.